The molecular weight excluding hydrogens is 1370 g/mol. The summed E-state index contributed by atoms with van der Waals surface area (Å²) in [6.07, 6.45) is 0. The molecular formula is C100H52N12. The van der Waals surface area contributed by atoms with Gasteiger partial charge < -0.3 is 0 Å². The van der Waals surface area contributed by atoms with E-state index in [-0.39, 0.29) is 0 Å². The highest BCUT2D eigenvalue weighted by atomic mass is 14.6. The first-order chi connectivity index (χ1) is 54.4. The average molecular weight is 1420 g/mol. The molecule has 0 amide bonds. The molecule has 12 nitrogen and oxygen atoms in total. The Hall–Kier alpha value is -16.5. The highest BCUT2D eigenvalue weighted by Crippen LogP contribution is 2.51. The first kappa shape index (κ1) is 68.6. The summed E-state index contributed by atoms with van der Waals surface area (Å²) < 4.78 is 0. The zero-order valence-corrected chi connectivity index (χ0v) is 61.5. The van der Waals surface area contributed by atoms with Gasteiger partial charge in [0.2, 0.25) is 0 Å². The van der Waals surface area contributed by atoms with E-state index in [0.29, 0.717) is 66.9 Å². The van der Waals surface area contributed by atoms with Gasteiger partial charge in [-0.25, -0.2) is 4.85 Å². The maximum Gasteiger partial charge on any atom is 0.195 e. The van der Waals surface area contributed by atoms with Crippen molar-refractivity contribution in [2.75, 3.05) is 0 Å². The van der Waals surface area contributed by atoms with Gasteiger partial charge in [0.15, 0.2) is 5.69 Å². The number of benzene rings is 20. The second-order valence-electron chi connectivity index (χ2n) is 28.8. The Morgan fingerprint density at radius 1 is 0.170 bits per heavy atom. The first-order valence-corrected chi connectivity index (χ1v) is 35.9. The van der Waals surface area contributed by atoms with Crippen molar-refractivity contribution in [2.45, 2.75) is 55.4 Å². The van der Waals surface area contributed by atoms with Gasteiger partial charge in [0.1, 0.15) is 0 Å². The summed E-state index contributed by atoms with van der Waals surface area (Å²) in [5.74, 6) is 0. The van der Waals surface area contributed by atoms with Crippen molar-refractivity contribution in [3.8, 4) is 66.8 Å². The summed E-state index contributed by atoms with van der Waals surface area (Å²) in [5, 5.41) is 138. The average Bonchev–Trinajstić information content (AvgIpc) is 0.721. The molecule has 12 heteroatoms. The van der Waals surface area contributed by atoms with E-state index in [1.54, 1.807) is 12.1 Å². The van der Waals surface area contributed by atoms with Gasteiger partial charge >= 0.3 is 0 Å². The molecule has 0 aliphatic rings. The summed E-state index contributed by atoms with van der Waals surface area (Å²) in [6.45, 7) is 23.7. The van der Waals surface area contributed by atoms with Crippen LogP contribution in [0.2, 0.25) is 0 Å². The third kappa shape index (κ3) is 9.41. The smallest absolute Gasteiger partial charge is 0.195 e. The Bertz CT molecular complexity index is 7720. The van der Waals surface area contributed by atoms with Crippen LogP contribution < -0.4 is 0 Å². The third-order valence-corrected chi connectivity index (χ3v) is 23.1. The van der Waals surface area contributed by atoms with Crippen LogP contribution in [-0.2, 0) is 0 Å². The highest BCUT2D eigenvalue weighted by Gasteiger charge is 2.27. The fraction of sp³-hybridized carbons (Fsp3) is 0.0800. The molecule has 0 N–H and O–H groups in total. The van der Waals surface area contributed by atoms with E-state index in [1.807, 2.05) is 189 Å². The highest BCUT2D eigenvalue weighted by molar-refractivity contribution is 6.40. The van der Waals surface area contributed by atoms with Gasteiger partial charge in [0.25, 0.3) is 0 Å². The van der Waals surface area contributed by atoms with Gasteiger partial charge in [-0.05, 0) is 246 Å². The topological polar surface area (TPSA) is 266 Å². The Morgan fingerprint density at radius 2 is 0.348 bits per heavy atom. The van der Waals surface area contributed by atoms with E-state index in [9.17, 15) is 57.9 Å². The summed E-state index contributed by atoms with van der Waals surface area (Å²) in [4.78, 5) is 3.81. The van der Waals surface area contributed by atoms with Crippen LogP contribution in [-0.4, -0.2) is 0 Å². The van der Waals surface area contributed by atoms with Crippen LogP contribution in [0.4, 0.5) is 5.69 Å². The first-order valence-electron chi connectivity index (χ1n) is 35.9. The molecule has 0 saturated carbocycles. The summed E-state index contributed by atoms with van der Waals surface area (Å²) in [7, 11) is 0. The normalized spacial score (nSPS) is 11.1. The lowest BCUT2D eigenvalue weighted by Gasteiger charge is -2.19. The van der Waals surface area contributed by atoms with Gasteiger partial charge in [-0.2, -0.15) is 57.9 Å². The van der Waals surface area contributed by atoms with E-state index in [4.69, 9.17) is 6.57 Å². The molecule has 0 unspecified atom stereocenters. The number of hydrogen-bond acceptors (Lipinski definition) is 11. The van der Waals surface area contributed by atoms with Crippen LogP contribution in [0, 0.1) is 187 Å². The monoisotopic (exact) mass is 1420 g/mol. The number of nitriles is 11. The Balaban J connectivity index is 0.000000108. The SMILES string of the molecule is Cc1ccc2c3c(C#N)cc(C#N)c4c(C)ccc(c5ccc(C#N)c1c52)c43.Cc1ccc2c3c(C#N)cc(C#N)c4c(C)ccc(c5ccc(C#N)c1c52)c43.Cc1ccc2c3ccc(C#N)c4c(C)cc(C#N)c(c5ccc(C#N)c1c25)c43.[C-]#[N+]c1cc(C)c2c(C#N)ccc3c4ccc(C)c5c(C#N)ccc(c1c23)c54. The van der Waals surface area contributed by atoms with Gasteiger partial charge in [-0.1, -0.05) is 121 Å². The minimum atomic E-state index is 0.495. The minimum Gasteiger partial charge on any atom is -0.237 e. The molecule has 512 valence electrons. The van der Waals surface area contributed by atoms with Crippen LogP contribution in [0.15, 0.2) is 170 Å². The van der Waals surface area contributed by atoms with Gasteiger partial charge in [0, 0.05) is 75.4 Å². The van der Waals surface area contributed by atoms with E-state index in [2.05, 4.69) is 95.9 Å². The largest absolute Gasteiger partial charge is 0.237 e. The Morgan fingerprint density at radius 3 is 0.607 bits per heavy atom. The molecule has 0 radical (unpaired) electrons. The zero-order valence-electron chi connectivity index (χ0n) is 61.5. The standard InChI is InChI=1S/4C25H13N3/c1-13-4-7-17-18-8-5-16(12-27)22-14(2)10-20(28-3)24(25(18)22)19-9-6-15(11-26)21(13)23(17)19;2*1-13-4-7-20-23-17(12-28)9-16(11-27)22-14(2)3-6-19(25(22)23)18-8-5-15(10-26)21(13)24(18)20;1-13-3-6-18-19-7-4-16(11-27)22-14(2)9-17(12-28)23(25(19)22)20-8-5-15(10-26)21(13)24(18)20/h4-10H,1-2H3;3*3-9H,1-2H3. The van der Waals surface area contributed by atoms with Gasteiger partial charge in [-0.3, -0.25) is 0 Å². The molecule has 20 aromatic carbocycles. The molecule has 0 saturated heterocycles. The molecule has 0 aliphatic carbocycles. The molecule has 0 spiro atoms. The van der Waals surface area contributed by atoms with E-state index >= 15 is 0 Å². The Labute approximate surface area is 641 Å². The van der Waals surface area contributed by atoms with Crippen LogP contribution >= 0.6 is 0 Å². The lowest BCUT2D eigenvalue weighted by molar-refractivity contribution is 1.46. The summed E-state index contributed by atoms with van der Waals surface area (Å²) in [5.41, 5.74) is 15.0. The summed E-state index contributed by atoms with van der Waals surface area (Å²) in [6, 6.07) is 79.9. The van der Waals surface area contributed by atoms with Crippen molar-refractivity contribution >= 4 is 178 Å². The van der Waals surface area contributed by atoms with Crippen molar-refractivity contribution in [3.63, 3.8) is 0 Å². The molecule has 0 atom stereocenters. The molecule has 0 aromatic heterocycles. The van der Waals surface area contributed by atoms with E-state index in [1.165, 1.54) is 0 Å². The number of hydrogen-bond donors (Lipinski definition) is 0. The predicted octanol–water partition coefficient (Wildman–Crippen LogP) is 24.6. The molecule has 0 fully saturated rings. The minimum absolute atomic E-state index is 0.495. The lowest BCUT2D eigenvalue weighted by Crippen LogP contribution is -1.95. The second kappa shape index (κ2) is 25.6. The molecule has 20 aromatic rings. The fourth-order valence-corrected chi connectivity index (χ4v) is 18.5. The number of aryl methyl sites for hydroxylation is 8. The van der Waals surface area contributed by atoms with Crippen molar-refractivity contribution in [3.05, 3.63) is 287 Å². The van der Waals surface area contributed by atoms with Gasteiger partial charge in [-0.15, -0.1) is 0 Å². The predicted molar refractivity (Wildman–Crippen MR) is 447 cm³/mol. The van der Waals surface area contributed by atoms with Crippen LogP contribution in [0.3, 0.4) is 0 Å². The molecule has 112 heavy (non-hydrogen) atoms. The molecule has 0 aliphatic heterocycles. The fourth-order valence-electron chi connectivity index (χ4n) is 18.5. The zero-order chi connectivity index (χ0) is 78.3. The summed E-state index contributed by atoms with van der Waals surface area (Å²) >= 11 is 0. The maximum atomic E-state index is 9.87. The van der Waals surface area contributed by atoms with Crippen LogP contribution in [0.5, 0.6) is 0 Å². The lowest BCUT2D eigenvalue weighted by atomic mass is 9.83. The second-order valence-corrected chi connectivity index (χ2v) is 28.8. The van der Waals surface area contributed by atoms with Crippen LogP contribution in [0.25, 0.3) is 177 Å². The van der Waals surface area contributed by atoms with Crippen LogP contribution in [0.1, 0.15) is 106 Å². The quantitative estimate of drug-likeness (QED) is 0.0782. The number of nitrogens with zero attached hydrogens (tertiary/aromatic N) is 12. The van der Waals surface area contributed by atoms with Crippen molar-refractivity contribution in [2.24, 2.45) is 0 Å². The van der Waals surface area contributed by atoms with Crippen molar-refractivity contribution < 1.29 is 0 Å². The van der Waals surface area contributed by atoms with E-state index < -0.39 is 0 Å². The third-order valence-electron chi connectivity index (χ3n) is 23.1. The maximum absolute atomic E-state index is 9.87. The van der Waals surface area contributed by atoms with Gasteiger partial charge in [0.05, 0.1) is 135 Å². The Kier molecular flexibility index (Phi) is 15.7. The van der Waals surface area contributed by atoms with Crippen molar-refractivity contribution in [1.82, 2.24) is 0 Å². The molecule has 0 bridgehead atoms. The van der Waals surface area contributed by atoms with Crippen molar-refractivity contribution in [1.29, 1.82) is 57.9 Å². The molecule has 20 rings (SSSR count). The number of rotatable bonds is 0. The van der Waals surface area contributed by atoms with E-state index in [0.717, 1.165) is 217 Å². The number of fused-ring (bicyclic) bond motifs is 8. The molecule has 0 heterocycles.